The van der Waals surface area contributed by atoms with Gasteiger partial charge in [0.2, 0.25) is 0 Å². The van der Waals surface area contributed by atoms with Crippen LogP contribution in [0.2, 0.25) is 0 Å². The Kier molecular flexibility index (Phi) is 4.38. The lowest BCUT2D eigenvalue weighted by atomic mass is 10.2. The maximum Gasteiger partial charge on any atom is 0.192 e. The molecule has 5 heteroatoms. The summed E-state index contributed by atoms with van der Waals surface area (Å²) in [5.41, 5.74) is 2.38. The molecule has 1 N–H and O–H groups in total. The lowest BCUT2D eigenvalue weighted by Crippen LogP contribution is -2.15. The molecule has 0 atom stereocenters. The van der Waals surface area contributed by atoms with E-state index in [1.807, 2.05) is 19.3 Å². The molecule has 1 aromatic carbocycles. The highest BCUT2D eigenvalue weighted by molar-refractivity contribution is 9.10. The first-order valence-corrected chi connectivity index (χ1v) is 8.30. The minimum Gasteiger partial charge on any atom is -0.310 e. The van der Waals surface area contributed by atoms with Gasteiger partial charge < -0.3 is 5.32 Å². The summed E-state index contributed by atoms with van der Waals surface area (Å²) in [5.74, 6) is 0. The number of benzene rings is 1. The van der Waals surface area contributed by atoms with Crippen molar-refractivity contribution in [3.05, 3.63) is 46.2 Å². The van der Waals surface area contributed by atoms with Crippen LogP contribution in [0.4, 0.5) is 0 Å². The average molecular weight is 350 g/mol. The zero-order valence-electron chi connectivity index (χ0n) is 11.3. The number of rotatable bonds is 5. The number of aromatic nitrogens is 2. The van der Waals surface area contributed by atoms with Gasteiger partial charge >= 0.3 is 0 Å². The fourth-order valence-corrected chi connectivity index (χ4v) is 3.22. The lowest BCUT2D eigenvalue weighted by Gasteiger charge is -2.08. The van der Waals surface area contributed by atoms with Crippen LogP contribution in [-0.2, 0) is 6.54 Å². The second-order valence-corrected chi connectivity index (χ2v) is 6.95. The molecule has 20 heavy (non-hydrogen) atoms. The predicted molar refractivity (Wildman–Crippen MR) is 84.9 cm³/mol. The molecule has 104 valence electrons. The van der Waals surface area contributed by atoms with Crippen molar-refractivity contribution in [2.75, 3.05) is 0 Å². The van der Waals surface area contributed by atoms with Crippen LogP contribution < -0.4 is 5.32 Å². The molecule has 0 aliphatic heterocycles. The summed E-state index contributed by atoms with van der Waals surface area (Å²) in [6.07, 6.45) is 6.32. The van der Waals surface area contributed by atoms with Crippen molar-refractivity contribution in [3.8, 4) is 0 Å². The van der Waals surface area contributed by atoms with Gasteiger partial charge in [0.05, 0.1) is 0 Å². The van der Waals surface area contributed by atoms with E-state index in [1.165, 1.54) is 18.4 Å². The van der Waals surface area contributed by atoms with Crippen molar-refractivity contribution < 1.29 is 0 Å². The molecule has 1 fully saturated rings. The zero-order chi connectivity index (χ0) is 13.9. The second-order valence-electron chi connectivity index (χ2n) is 5.05. The van der Waals surface area contributed by atoms with E-state index in [4.69, 9.17) is 0 Å². The van der Waals surface area contributed by atoms with Crippen molar-refractivity contribution >= 4 is 27.7 Å². The Bertz CT molecular complexity index is 597. The van der Waals surface area contributed by atoms with Crippen molar-refractivity contribution in [3.63, 3.8) is 0 Å². The Morgan fingerprint density at radius 3 is 2.70 bits per heavy atom. The smallest absolute Gasteiger partial charge is 0.192 e. The van der Waals surface area contributed by atoms with Crippen molar-refractivity contribution in [2.45, 2.75) is 42.4 Å². The molecule has 3 rings (SSSR count). The lowest BCUT2D eigenvalue weighted by molar-refractivity contribution is 0.685. The fourth-order valence-electron chi connectivity index (χ4n) is 1.82. The first-order chi connectivity index (χ1) is 9.70. The number of nitrogens with one attached hydrogen (secondary N) is 1. The summed E-state index contributed by atoms with van der Waals surface area (Å²) in [6.45, 7) is 2.92. The third kappa shape index (κ3) is 3.81. The topological polar surface area (TPSA) is 37.8 Å². The minimum absolute atomic E-state index is 0.733. The molecule has 1 saturated carbocycles. The Balaban J connectivity index is 1.67. The highest BCUT2D eigenvalue weighted by Crippen LogP contribution is 2.29. The van der Waals surface area contributed by atoms with Crippen LogP contribution in [0.25, 0.3) is 0 Å². The summed E-state index contributed by atoms with van der Waals surface area (Å²) < 4.78 is 1.14. The maximum atomic E-state index is 4.32. The van der Waals surface area contributed by atoms with Crippen LogP contribution in [0.5, 0.6) is 0 Å². The Labute approximate surface area is 131 Å². The van der Waals surface area contributed by atoms with Crippen LogP contribution >= 0.6 is 27.7 Å². The quantitative estimate of drug-likeness (QED) is 0.829. The highest BCUT2D eigenvalue weighted by Gasteiger charge is 2.20. The van der Waals surface area contributed by atoms with Gasteiger partial charge in [-0.1, -0.05) is 22.0 Å². The van der Waals surface area contributed by atoms with Gasteiger partial charge in [-0.15, -0.1) is 0 Å². The van der Waals surface area contributed by atoms with Crippen LogP contribution in [0.3, 0.4) is 0 Å². The Morgan fingerprint density at radius 2 is 2.05 bits per heavy atom. The third-order valence-corrected chi connectivity index (χ3v) is 4.77. The highest BCUT2D eigenvalue weighted by atomic mass is 79.9. The van der Waals surface area contributed by atoms with Gasteiger partial charge in [-0.25, -0.2) is 9.97 Å². The number of halogens is 1. The molecule has 0 unspecified atom stereocenters. The minimum atomic E-state index is 0.733. The molecule has 1 aliphatic rings. The number of nitrogens with zero attached hydrogens (tertiary/aromatic N) is 2. The average Bonchev–Trinajstić information content (AvgIpc) is 3.25. The fraction of sp³-hybridized carbons (Fsp3) is 0.333. The van der Waals surface area contributed by atoms with E-state index in [0.29, 0.717) is 0 Å². The van der Waals surface area contributed by atoms with E-state index in [0.717, 1.165) is 32.7 Å². The zero-order valence-corrected chi connectivity index (χ0v) is 13.7. The predicted octanol–water partition coefficient (Wildman–Crippen LogP) is 3.95. The Morgan fingerprint density at radius 1 is 1.30 bits per heavy atom. The van der Waals surface area contributed by atoms with E-state index < -0.39 is 0 Å². The van der Waals surface area contributed by atoms with Crippen LogP contribution in [0, 0.1) is 6.92 Å². The summed E-state index contributed by atoms with van der Waals surface area (Å²) >= 11 is 5.23. The second kappa shape index (κ2) is 6.24. The Hall–Kier alpha value is -0.910. The first kappa shape index (κ1) is 14.0. The summed E-state index contributed by atoms with van der Waals surface area (Å²) in [7, 11) is 0. The molecule has 1 heterocycles. The SMILES string of the molecule is Cc1cnc(Sc2ccc(CNC3CC3)c(Br)c2)nc1. The van der Waals surface area contributed by atoms with E-state index in [1.54, 1.807) is 11.8 Å². The molecule has 0 spiro atoms. The van der Waals surface area contributed by atoms with E-state index >= 15 is 0 Å². The van der Waals surface area contributed by atoms with Gasteiger partial charge in [0.25, 0.3) is 0 Å². The molecule has 1 aromatic heterocycles. The van der Waals surface area contributed by atoms with E-state index in [9.17, 15) is 0 Å². The molecule has 0 bridgehead atoms. The van der Waals surface area contributed by atoms with Gasteiger partial charge in [0.15, 0.2) is 5.16 Å². The monoisotopic (exact) mass is 349 g/mol. The molecular formula is C15H16BrN3S. The number of hydrogen-bond acceptors (Lipinski definition) is 4. The largest absolute Gasteiger partial charge is 0.310 e. The van der Waals surface area contributed by atoms with E-state index in [-0.39, 0.29) is 0 Å². The maximum absolute atomic E-state index is 4.32. The third-order valence-electron chi connectivity index (χ3n) is 3.15. The molecule has 2 aromatic rings. The molecular weight excluding hydrogens is 334 g/mol. The number of aryl methyl sites for hydroxylation is 1. The molecule has 0 saturated heterocycles. The van der Waals surface area contributed by atoms with Gasteiger partial charge in [-0.05, 0) is 54.8 Å². The van der Waals surface area contributed by atoms with Crippen LogP contribution in [-0.4, -0.2) is 16.0 Å². The van der Waals surface area contributed by atoms with Gasteiger partial charge in [-0.3, -0.25) is 0 Å². The standard InChI is InChI=1S/C15H16BrN3S/c1-10-7-18-15(19-8-10)20-13-5-2-11(14(16)6-13)9-17-12-3-4-12/h2,5-8,12,17H,3-4,9H2,1H3. The van der Waals surface area contributed by atoms with Gasteiger partial charge in [-0.2, -0.15) is 0 Å². The van der Waals surface area contributed by atoms with Crippen molar-refractivity contribution in [2.24, 2.45) is 0 Å². The summed E-state index contributed by atoms with van der Waals surface area (Å²) in [5, 5.41) is 4.31. The first-order valence-electron chi connectivity index (χ1n) is 6.69. The van der Waals surface area contributed by atoms with Crippen molar-refractivity contribution in [1.29, 1.82) is 0 Å². The molecule has 0 amide bonds. The molecule has 3 nitrogen and oxygen atoms in total. The van der Waals surface area contributed by atoms with Crippen molar-refractivity contribution in [1.82, 2.24) is 15.3 Å². The summed E-state index contributed by atoms with van der Waals surface area (Å²) in [4.78, 5) is 9.78. The van der Waals surface area contributed by atoms with Gasteiger partial charge in [0, 0.05) is 34.3 Å². The number of hydrogen-bond donors (Lipinski definition) is 1. The van der Waals surface area contributed by atoms with Crippen LogP contribution in [0.1, 0.15) is 24.0 Å². The normalized spacial score (nSPS) is 14.5. The summed E-state index contributed by atoms with van der Waals surface area (Å²) in [6, 6.07) is 7.16. The van der Waals surface area contributed by atoms with Crippen LogP contribution in [0.15, 0.2) is 45.1 Å². The molecule has 1 aliphatic carbocycles. The van der Waals surface area contributed by atoms with E-state index in [2.05, 4.69) is 49.4 Å². The molecule has 0 radical (unpaired) electrons. The van der Waals surface area contributed by atoms with Gasteiger partial charge in [0.1, 0.15) is 0 Å².